The van der Waals surface area contributed by atoms with Gasteiger partial charge in [0.25, 0.3) is 5.91 Å². The maximum absolute atomic E-state index is 12.8. The van der Waals surface area contributed by atoms with E-state index in [4.69, 9.17) is 0 Å². The molecule has 2 N–H and O–H groups in total. The van der Waals surface area contributed by atoms with Crippen molar-refractivity contribution in [1.82, 2.24) is 10.7 Å². The zero-order chi connectivity index (χ0) is 20.2. The molecule has 1 aliphatic rings. The molecule has 5 heteroatoms. The summed E-state index contributed by atoms with van der Waals surface area (Å²) in [6.45, 7) is 2.02. The molecule has 4 rings (SSSR count). The Bertz CT molecular complexity index is 1060. The van der Waals surface area contributed by atoms with Crippen molar-refractivity contribution in [3.05, 3.63) is 107 Å². The van der Waals surface area contributed by atoms with Gasteiger partial charge in [0.05, 0.1) is 0 Å². The van der Waals surface area contributed by atoms with Crippen LogP contribution in [0, 0.1) is 6.92 Å². The molecule has 1 saturated heterocycles. The summed E-state index contributed by atoms with van der Waals surface area (Å²) in [6.07, 6.45) is 1.92. The Hall–Kier alpha value is -3.73. The highest BCUT2D eigenvalue weighted by atomic mass is 16.2. The molecule has 0 unspecified atom stereocenters. The van der Waals surface area contributed by atoms with Crippen LogP contribution in [0.15, 0.2) is 84.9 Å². The van der Waals surface area contributed by atoms with E-state index in [1.165, 1.54) is 0 Å². The van der Waals surface area contributed by atoms with Crippen molar-refractivity contribution in [3.63, 3.8) is 0 Å². The predicted molar refractivity (Wildman–Crippen MR) is 112 cm³/mol. The fraction of sp³-hybridized carbons (Fsp3) is 0.125. The SMILES string of the molecule is Cc1ccccc1/C=[N+]1\NC(=O)[C@@H](NC(=O)c2ccccc2)[C@H]1c1ccccc1. The molecule has 5 nitrogen and oxygen atoms in total. The van der Waals surface area contributed by atoms with Crippen molar-refractivity contribution in [1.29, 1.82) is 0 Å². The third kappa shape index (κ3) is 3.94. The van der Waals surface area contributed by atoms with Gasteiger partial charge in [0.2, 0.25) is 12.3 Å². The van der Waals surface area contributed by atoms with Gasteiger partial charge in [-0.2, -0.15) is 0 Å². The highest BCUT2D eigenvalue weighted by Gasteiger charge is 2.47. The molecule has 0 aliphatic carbocycles. The van der Waals surface area contributed by atoms with Gasteiger partial charge in [-0.3, -0.25) is 9.59 Å². The van der Waals surface area contributed by atoms with Gasteiger partial charge in [-0.15, -0.1) is 10.1 Å². The minimum Gasteiger partial charge on any atom is -0.334 e. The number of hydrogen-bond donors (Lipinski definition) is 2. The Balaban J connectivity index is 1.71. The lowest BCUT2D eigenvalue weighted by Gasteiger charge is -2.14. The quantitative estimate of drug-likeness (QED) is 0.680. The lowest BCUT2D eigenvalue weighted by Crippen LogP contribution is -2.42. The smallest absolute Gasteiger partial charge is 0.304 e. The van der Waals surface area contributed by atoms with Gasteiger partial charge >= 0.3 is 5.91 Å². The van der Waals surface area contributed by atoms with Crippen molar-refractivity contribution in [2.24, 2.45) is 0 Å². The van der Waals surface area contributed by atoms with Crippen LogP contribution >= 0.6 is 0 Å². The number of carbonyl (C=O) groups is 2. The van der Waals surface area contributed by atoms with Gasteiger partial charge in [-0.25, -0.2) is 0 Å². The van der Waals surface area contributed by atoms with Crippen LogP contribution in [-0.2, 0) is 4.79 Å². The predicted octanol–water partition coefficient (Wildman–Crippen LogP) is 3.01. The number of amides is 2. The van der Waals surface area contributed by atoms with Crippen LogP contribution < -0.4 is 10.7 Å². The molecule has 1 fully saturated rings. The first-order valence-corrected chi connectivity index (χ1v) is 9.54. The number of nitrogens with one attached hydrogen (secondary N) is 2. The topological polar surface area (TPSA) is 61.2 Å². The number of carbonyl (C=O) groups excluding carboxylic acids is 2. The molecule has 3 aromatic carbocycles. The zero-order valence-electron chi connectivity index (χ0n) is 16.1. The number of hydrazone groups is 1. The molecule has 0 saturated carbocycles. The number of rotatable bonds is 4. The molecule has 0 radical (unpaired) electrons. The largest absolute Gasteiger partial charge is 0.334 e. The Kier molecular flexibility index (Phi) is 5.20. The summed E-state index contributed by atoms with van der Waals surface area (Å²) in [5.41, 5.74) is 6.48. The van der Waals surface area contributed by atoms with Crippen molar-refractivity contribution >= 4 is 18.0 Å². The van der Waals surface area contributed by atoms with Crippen LogP contribution in [0.1, 0.15) is 33.1 Å². The Morgan fingerprint density at radius 2 is 1.55 bits per heavy atom. The molecule has 1 heterocycles. The van der Waals surface area contributed by atoms with Gasteiger partial charge in [0, 0.05) is 16.7 Å². The van der Waals surface area contributed by atoms with Gasteiger partial charge in [-0.05, 0) is 30.7 Å². The fourth-order valence-electron chi connectivity index (χ4n) is 3.53. The molecule has 0 spiro atoms. The van der Waals surface area contributed by atoms with E-state index in [0.717, 1.165) is 16.7 Å². The van der Waals surface area contributed by atoms with Gasteiger partial charge in [-0.1, -0.05) is 66.7 Å². The average Bonchev–Trinajstić information content (AvgIpc) is 3.05. The molecule has 29 heavy (non-hydrogen) atoms. The summed E-state index contributed by atoms with van der Waals surface area (Å²) in [4.78, 5) is 25.5. The second-order valence-electron chi connectivity index (χ2n) is 7.04. The van der Waals surface area contributed by atoms with Gasteiger partial charge < -0.3 is 5.32 Å². The van der Waals surface area contributed by atoms with Crippen molar-refractivity contribution in [3.8, 4) is 0 Å². The molecular formula is C24H22N3O2+. The average molecular weight is 384 g/mol. The van der Waals surface area contributed by atoms with E-state index in [-0.39, 0.29) is 17.9 Å². The van der Waals surface area contributed by atoms with Gasteiger partial charge in [0.15, 0.2) is 6.04 Å². The standard InChI is InChI=1S/C24H21N3O2/c1-17-10-8-9-15-20(17)16-27-22(18-11-4-2-5-12-18)21(24(29)26-27)25-23(28)19-13-6-3-7-14-19/h2-16,21-22H,1H3,(H-,25,26,28,29)/p+1/b27-16-/t21-,22+/m0/s1. The van der Waals surface area contributed by atoms with E-state index in [0.29, 0.717) is 5.56 Å². The molecular weight excluding hydrogens is 362 g/mol. The van der Waals surface area contributed by atoms with Crippen molar-refractivity contribution in [2.45, 2.75) is 19.0 Å². The monoisotopic (exact) mass is 384 g/mol. The van der Waals surface area contributed by atoms with E-state index < -0.39 is 6.04 Å². The number of nitrogens with zero attached hydrogens (tertiary/aromatic N) is 1. The minimum absolute atomic E-state index is 0.243. The first-order valence-electron chi connectivity index (χ1n) is 9.54. The van der Waals surface area contributed by atoms with Crippen LogP contribution in [0.4, 0.5) is 0 Å². The van der Waals surface area contributed by atoms with E-state index in [1.807, 2.05) is 73.8 Å². The Labute approximate surface area is 169 Å². The van der Waals surface area contributed by atoms with Crippen LogP contribution in [-0.4, -0.2) is 28.8 Å². The first-order chi connectivity index (χ1) is 14.1. The van der Waals surface area contributed by atoms with Crippen LogP contribution in [0.5, 0.6) is 0 Å². The van der Waals surface area contributed by atoms with E-state index >= 15 is 0 Å². The summed E-state index contributed by atoms with van der Waals surface area (Å²) in [6, 6.07) is 25.5. The molecule has 3 aromatic rings. The summed E-state index contributed by atoms with van der Waals surface area (Å²) in [5.74, 6) is -0.516. The lowest BCUT2D eigenvalue weighted by atomic mass is 9.99. The third-order valence-corrected chi connectivity index (χ3v) is 5.07. The highest BCUT2D eigenvalue weighted by Crippen LogP contribution is 2.25. The summed E-state index contributed by atoms with van der Waals surface area (Å²) >= 11 is 0. The third-order valence-electron chi connectivity index (χ3n) is 5.07. The highest BCUT2D eigenvalue weighted by molar-refractivity contribution is 5.98. The number of aryl methyl sites for hydroxylation is 1. The maximum Gasteiger partial charge on any atom is 0.304 e. The van der Waals surface area contributed by atoms with Crippen molar-refractivity contribution < 1.29 is 14.3 Å². The van der Waals surface area contributed by atoms with E-state index in [9.17, 15) is 9.59 Å². The minimum atomic E-state index is -0.717. The number of hydrazine groups is 1. The number of benzene rings is 3. The first kappa shape index (κ1) is 18.6. The van der Waals surface area contributed by atoms with Gasteiger partial charge in [0.1, 0.15) is 0 Å². The molecule has 0 bridgehead atoms. The fourth-order valence-corrected chi connectivity index (χ4v) is 3.53. The Morgan fingerprint density at radius 3 is 2.24 bits per heavy atom. The van der Waals surface area contributed by atoms with E-state index in [1.54, 1.807) is 28.9 Å². The maximum atomic E-state index is 12.8. The second kappa shape index (κ2) is 8.10. The number of hydrogen-bond acceptors (Lipinski definition) is 2. The van der Waals surface area contributed by atoms with Crippen molar-refractivity contribution in [2.75, 3.05) is 0 Å². The van der Waals surface area contributed by atoms with Crippen LogP contribution in [0.2, 0.25) is 0 Å². The molecule has 144 valence electrons. The lowest BCUT2D eigenvalue weighted by molar-refractivity contribution is -0.596. The second-order valence-corrected chi connectivity index (χ2v) is 7.04. The Morgan fingerprint density at radius 1 is 0.931 bits per heavy atom. The van der Waals surface area contributed by atoms with Crippen LogP contribution in [0.3, 0.4) is 0 Å². The molecule has 2 amide bonds. The zero-order valence-corrected chi connectivity index (χ0v) is 16.1. The normalized spacial score (nSPS) is 19.8. The molecule has 0 aromatic heterocycles. The van der Waals surface area contributed by atoms with Crippen LogP contribution in [0.25, 0.3) is 0 Å². The van der Waals surface area contributed by atoms with E-state index in [2.05, 4.69) is 10.7 Å². The summed E-state index contributed by atoms with van der Waals surface area (Å²) in [7, 11) is 0. The summed E-state index contributed by atoms with van der Waals surface area (Å²) < 4.78 is 1.79. The molecule has 2 atom stereocenters. The molecule has 1 aliphatic heterocycles. The summed E-state index contributed by atoms with van der Waals surface area (Å²) in [5, 5.41) is 2.91.